The van der Waals surface area contributed by atoms with E-state index >= 15 is 0 Å². The van der Waals surface area contributed by atoms with Crippen LogP contribution < -0.4 is 5.32 Å². The number of fused-ring (bicyclic) bond motifs is 1. The molecule has 3 aromatic rings. The second kappa shape index (κ2) is 7.85. The highest BCUT2D eigenvalue weighted by Gasteiger charge is 2.06. The molecular formula is C18H18N2O2S. The minimum absolute atomic E-state index is 0.0524. The van der Waals surface area contributed by atoms with E-state index in [0.717, 1.165) is 22.2 Å². The van der Waals surface area contributed by atoms with Crippen LogP contribution in [0.25, 0.3) is 10.2 Å². The van der Waals surface area contributed by atoms with Crippen molar-refractivity contribution in [2.45, 2.75) is 13.0 Å². The number of rotatable bonds is 7. The number of amides is 1. The molecule has 0 fully saturated rings. The van der Waals surface area contributed by atoms with Gasteiger partial charge in [-0.15, -0.1) is 11.3 Å². The SMILES string of the molecule is O=C(NCCCOCc1ccccc1)c1ccc2ncsc2c1. The van der Waals surface area contributed by atoms with Gasteiger partial charge in [-0.25, -0.2) is 4.98 Å². The Morgan fingerprint density at radius 2 is 2.04 bits per heavy atom. The number of benzene rings is 2. The minimum atomic E-state index is -0.0524. The normalized spacial score (nSPS) is 10.8. The largest absolute Gasteiger partial charge is 0.377 e. The van der Waals surface area contributed by atoms with E-state index in [1.54, 1.807) is 16.8 Å². The summed E-state index contributed by atoms with van der Waals surface area (Å²) in [7, 11) is 0. The lowest BCUT2D eigenvalue weighted by Crippen LogP contribution is -2.25. The summed E-state index contributed by atoms with van der Waals surface area (Å²) in [5.74, 6) is -0.0524. The Morgan fingerprint density at radius 3 is 2.91 bits per heavy atom. The third-order valence-corrected chi connectivity index (χ3v) is 4.25. The maximum atomic E-state index is 12.1. The first-order valence-corrected chi connectivity index (χ1v) is 8.44. The van der Waals surface area contributed by atoms with Crippen LogP contribution in [0.3, 0.4) is 0 Å². The zero-order valence-corrected chi connectivity index (χ0v) is 13.5. The predicted molar refractivity (Wildman–Crippen MR) is 92.7 cm³/mol. The van der Waals surface area contributed by atoms with Crippen molar-refractivity contribution in [3.05, 3.63) is 65.2 Å². The molecule has 1 N–H and O–H groups in total. The van der Waals surface area contributed by atoms with Gasteiger partial charge in [0, 0.05) is 18.7 Å². The predicted octanol–water partition coefficient (Wildman–Crippen LogP) is 3.63. The summed E-state index contributed by atoms with van der Waals surface area (Å²) in [6, 6.07) is 15.6. The molecule has 2 aromatic carbocycles. The van der Waals surface area contributed by atoms with Crippen LogP contribution in [0.5, 0.6) is 0 Å². The number of ether oxygens (including phenoxy) is 1. The molecule has 0 saturated carbocycles. The fourth-order valence-electron chi connectivity index (χ4n) is 2.24. The van der Waals surface area contributed by atoms with Gasteiger partial charge in [-0.2, -0.15) is 0 Å². The highest BCUT2D eigenvalue weighted by molar-refractivity contribution is 7.16. The zero-order valence-electron chi connectivity index (χ0n) is 12.7. The number of hydrogen-bond acceptors (Lipinski definition) is 4. The lowest BCUT2D eigenvalue weighted by molar-refractivity contribution is 0.0934. The van der Waals surface area contributed by atoms with E-state index in [2.05, 4.69) is 10.3 Å². The van der Waals surface area contributed by atoms with Gasteiger partial charge in [-0.1, -0.05) is 30.3 Å². The number of aromatic nitrogens is 1. The summed E-state index contributed by atoms with van der Waals surface area (Å²) in [4.78, 5) is 16.3. The van der Waals surface area contributed by atoms with Gasteiger partial charge in [0.05, 0.1) is 22.3 Å². The number of carbonyl (C=O) groups excluding carboxylic acids is 1. The van der Waals surface area contributed by atoms with Gasteiger partial charge in [-0.05, 0) is 30.2 Å². The number of carbonyl (C=O) groups is 1. The number of nitrogens with one attached hydrogen (secondary N) is 1. The Hall–Kier alpha value is -2.24. The minimum Gasteiger partial charge on any atom is -0.377 e. The first kappa shape index (κ1) is 15.6. The van der Waals surface area contributed by atoms with Crippen molar-refractivity contribution in [2.75, 3.05) is 13.2 Å². The van der Waals surface area contributed by atoms with E-state index in [0.29, 0.717) is 25.3 Å². The fourth-order valence-corrected chi connectivity index (χ4v) is 2.96. The summed E-state index contributed by atoms with van der Waals surface area (Å²) in [6.07, 6.45) is 0.793. The monoisotopic (exact) mass is 326 g/mol. The standard InChI is InChI=1S/C18H18N2O2S/c21-18(15-7-8-16-17(11-15)23-13-20-16)19-9-4-10-22-12-14-5-2-1-3-6-14/h1-3,5-8,11,13H,4,9-10,12H2,(H,19,21). The van der Waals surface area contributed by atoms with Crippen LogP contribution >= 0.6 is 11.3 Å². The molecule has 1 aromatic heterocycles. The van der Waals surface area contributed by atoms with Crippen molar-refractivity contribution < 1.29 is 9.53 Å². The van der Waals surface area contributed by atoms with Gasteiger partial charge in [0.25, 0.3) is 5.91 Å². The Labute approximate surface area is 139 Å². The van der Waals surface area contributed by atoms with Crippen molar-refractivity contribution >= 4 is 27.5 Å². The summed E-state index contributed by atoms with van der Waals surface area (Å²) in [5.41, 5.74) is 4.55. The topological polar surface area (TPSA) is 51.2 Å². The molecule has 23 heavy (non-hydrogen) atoms. The number of nitrogens with zero attached hydrogens (tertiary/aromatic N) is 1. The average molecular weight is 326 g/mol. The lowest BCUT2D eigenvalue weighted by atomic mass is 10.2. The van der Waals surface area contributed by atoms with Crippen LogP contribution in [0.4, 0.5) is 0 Å². The zero-order chi connectivity index (χ0) is 15.9. The summed E-state index contributed by atoms with van der Waals surface area (Å²) < 4.78 is 6.63. The highest BCUT2D eigenvalue weighted by atomic mass is 32.1. The van der Waals surface area contributed by atoms with E-state index in [1.807, 2.05) is 48.5 Å². The van der Waals surface area contributed by atoms with Gasteiger partial charge in [0.1, 0.15) is 0 Å². The van der Waals surface area contributed by atoms with Crippen LogP contribution in [0, 0.1) is 0 Å². The van der Waals surface area contributed by atoms with Gasteiger partial charge in [-0.3, -0.25) is 4.79 Å². The maximum absolute atomic E-state index is 12.1. The molecule has 0 spiro atoms. The molecule has 0 atom stereocenters. The smallest absolute Gasteiger partial charge is 0.251 e. The molecule has 0 aliphatic rings. The Balaban J connectivity index is 1.37. The molecule has 0 aliphatic carbocycles. The molecule has 1 heterocycles. The molecule has 0 bridgehead atoms. The number of thiazole rings is 1. The van der Waals surface area contributed by atoms with Crippen LogP contribution in [-0.2, 0) is 11.3 Å². The number of hydrogen-bond donors (Lipinski definition) is 1. The molecule has 0 unspecified atom stereocenters. The average Bonchev–Trinajstić information content (AvgIpc) is 3.06. The summed E-state index contributed by atoms with van der Waals surface area (Å²) in [6.45, 7) is 1.84. The maximum Gasteiger partial charge on any atom is 0.251 e. The van der Waals surface area contributed by atoms with Gasteiger partial charge in [0.15, 0.2) is 0 Å². The first-order valence-electron chi connectivity index (χ1n) is 7.56. The lowest BCUT2D eigenvalue weighted by Gasteiger charge is -2.06. The second-order valence-corrected chi connectivity index (χ2v) is 6.07. The third kappa shape index (κ3) is 4.37. The van der Waals surface area contributed by atoms with Crippen molar-refractivity contribution in [3.63, 3.8) is 0 Å². The van der Waals surface area contributed by atoms with Crippen LogP contribution in [0.1, 0.15) is 22.3 Å². The Bertz CT molecular complexity index is 771. The highest BCUT2D eigenvalue weighted by Crippen LogP contribution is 2.18. The molecular weight excluding hydrogens is 308 g/mol. The molecule has 0 aliphatic heterocycles. The summed E-state index contributed by atoms with van der Waals surface area (Å²) in [5, 5.41) is 2.92. The van der Waals surface area contributed by atoms with E-state index in [1.165, 1.54) is 0 Å². The van der Waals surface area contributed by atoms with Gasteiger partial charge in [0.2, 0.25) is 0 Å². The van der Waals surface area contributed by atoms with Crippen molar-refractivity contribution in [1.82, 2.24) is 10.3 Å². The molecule has 3 rings (SSSR count). The summed E-state index contributed by atoms with van der Waals surface area (Å²) >= 11 is 1.54. The van der Waals surface area contributed by atoms with E-state index in [-0.39, 0.29) is 5.91 Å². The van der Waals surface area contributed by atoms with E-state index in [4.69, 9.17) is 4.74 Å². The van der Waals surface area contributed by atoms with Crippen molar-refractivity contribution in [1.29, 1.82) is 0 Å². The van der Waals surface area contributed by atoms with Crippen LogP contribution in [0.2, 0.25) is 0 Å². The fraction of sp³-hybridized carbons (Fsp3) is 0.222. The second-order valence-electron chi connectivity index (χ2n) is 5.18. The van der Waals surface area contributed by atoms with Gasteiger partial charge < -0.3 is 10.1 Å². The quantitative estimate of drug-likeness (QED) is 0.675. The van der Waals surface area contributed by atoms with Crippen molar-refractivity contribution in [2.24, 2.45) is 0 Å². The Morgan fingerprint density at radius 1 is 1.17 bits per heavy atom. The third-order valence-electron chi connectivity index (χ3n) is 3.46. The molecule has 118 valence electrons. The molecule has 0 saturated heterocycles. The molecule has 1 amide bonds. The Kier molecular flexibility index (Phi) is 5.34. The van der Waals surface area contributed by atoms with E-state index in [9.17, 15) is 4.79 Å². The molecule has 5 heteroatoms. The van der Waals surface area contributed by atoms with Crippen molar-refractivity contribution in [3.8, 4) is 0 Å². The first-order chi connectivity index (χ1) is 11.3. The van der Waals surface area contributed by atoms with E-state index < -0.39 is 0 Å². The van der Waals surface area contributed by atoms with Gasteiger partial charge >= 0.3 is 0 Å². The molecule has 0 radical (unpaired) electrons. The van der Waals surface area contributed by atoms with Crippen LogP contribution in [0.15, 0.2) is 54.0 Å². The van der Waals surface area contributed by atoms with Crippen LogP contribution in [-0.4, -0.2) is 24.0 Å². The molecule has 4 nitrogen and oxygen atoms in total.